The van der Waals surface area contributed by atoms with Crippen molar-refractivity contribution in [2.24, 2.45) is 0 Å². The predicted octanol–water partition coefficient (Wildman–Crippen LogP) is 1.85. The maximum Gasteiger partial charge on any atom is 0.341 e. The molecule has 0 aromatic heterocycles. The molecule has 1 aromatic rings. The van der Waals surface area contributed by atoms with Gasteiger partial charge in [0.1, 0.15) is 0 Å². The van der Waals surface area contributed by atoms with Crippen molar-refractivity contribution in [1.29, 1.82) is 0 Å². The van der Waals surface area contributed by atoms with Gasteiger partial charge < -0.3 is 24.6 Å². The Bertz CT molecular complexity index is 588. The summed E-state index contributed by atoms with van der Waals surface area (Å²) >= 11 is 0. The number of carbonyl (C=O) groups is 2. The van der Waals surface area contributed by atoms with Gasteiger partial charge in [-0.2, -0.15) is 0 Å². The highest BCUT2D eigenvalue weighted by atomic mass is 16.5. The van der Waals surface area contributed by atoms with E-state index < -0.39 is 12.6 Å². The fraction of sp³-hybridized carbons (Fsp3) is 0.529. The number of carboxylic acids is 1. The van der Waals surface area contributed by atoms with E-state index in [1.165, 1.54) is 0 Å². The average Bonchev–Trinajstić information content (AvgIpc) is 2.53. The van der Waals surface area contributed by atoms with E-state index in [4.69, 9.17) is 19.3 Å². The number of carboxylic acid groups (broad SMARTS) is 1. The van der Waals surface area contributed by atoms with E-state index in [0.29, 0.717) is 30.3 Å². The fourth-order valence-electron chi connectivity index (χ4n) is 2.57. The van der Waals surface area contributed by atoms with Crippen LogP contribution in [0.5, 0.6) is 11.5 Å². The number of hydrogen-bond acceptors (Lipinski definition) is 5. The van der Waals surface area contributed by atoms with Crippen molar-refractivity contribution in [3.63, 3.8) is 0 Å². The third kappa shape index (κ3) is 5.13. The molecule has 1 aliphatic heterocycles. The molecule has 1 aromatic carbocycles. The lowest BCUT2D eigenvalue weighted by Crippen LogP contribution is -2.41. The Kier molecular flexibility index (Phi) is 6.43. The van der Waals surface area contributed by atoms with Gasteiger partial charge in [0.15, 0.2) is 18.1 Å². The Morgan fingerprint density at radius 2 is 2.12 bits per heavy atom. The quantitative estimate of drug-likeness (QED) is 0.788. The van der Waals surface area contributed by atoms with Crippen molar-refractivity contribution in [1.82, 2.24) is 5.32 Å². The van der Waals surface area contributed by atoms with E-state index in [-0.39, 0.29) is 18.1 Å². The zero-order valence-corrected chi connectivity index (χ0v) is 13.9. The molecule has 0 saturated carbocycles. The number of ether oxygens (including phenoxy) is 3. The summed E-state index contributed by atoms with van der Waals surface area (Å²) in [6, 6.07) is 4.80. The molecule has 0 bridgehead atoms. The molecule has 7 heteroatoms. The monoisotopic (exact) mass is 337 g/mol. The van der Waals surface area contributed by atoms with Crippen LogP contribution < -0.4 is 14.8 Å². The molecule has 1 fully saturated rings. The molecule has 0 radical (unpaired) electrons. The summed E-state index contributed by atoms with van der Waals surface area (Å²) < 4.78 is 16.1. The lowest BCUT2D eigenvalue weighted by atomic mass is 10.0. The van der Waals surface area contributed by atoms with Gasteiger partial charge in [0.2, 0.25) is 0 Å². The van der Waals surface area contributed by atoms with Crippen LogP contribution in [-0.4, -0.2) is 48.9 Å². The summed E-state index contributed by atoms with van der Waals surface area (Å²) in [6.45, 7) is 4.34. The molecule has 1 saturated heterocycles. The summed E-state index contributed by atoms with van der Waals surface area (Å²) in [7, 11) is 0. The molecule has 0 spiro atoms. The van der Waals surface area contributed by atoms with Crippen LogP contribution in [0, 0.1) is 0 Å². The molecule has 1 heterocycles. The van der Waals surface area contributed by atoms with Gasteiger partial charge in [0.25, 0.3) is 5.91 Å². The first-order valence-electron chi connectivity index (χ1n) is 8.03. The number of nitrogens with one attached hydrogen (secondary N) is 1. The molecular weight excluding hydrogens is 314 g/mol. The first kappa shape index (κ1) is 18.1. The van der Waals surface area contributed by atoms with Gasteiger partial charge in [-0.3, -0.25) is 4.79 Å². The third-order valence-corrected chi connectivity index (χ3v) is 3.68. The van der Waals surface area contributed by atoms with E-state index in [1.54, 1.807) is 25.1 Å². The van der Waals surface area contributed by atoms with Gasteiger partial charge in [0, 0.05) is 18.2 Å². The van der Waals surface area contributed by atoms with Crippen molar-refractivity contribution in [3.05, 3.63) is 23.8 Å². The predicted molar refractivity (Wildman–Crippen MR) is 86.6 cm³/mol. The van der Waals surface area contributed by atoms with Crippen LogP contribution in [0.4, 0.5) is 0 Å². The first-order valence-corrected chi connectivity index (χ1v) is 8.03. The Morgan fingerprint density at radius 1 is 1.33 bits per heavy atom. The minimum atomic E-state index is -1.08. The number of amides is 1. The summed E-state index contributed by atoms with van der Waals surface area (Å²) in [5, 5.41) is 11.7. The van der Waals surface area contributed by atoms with Crippen LogP contribution in [0.3, 0.4) is 0 Å². The fourth-order valence-corrected chi connectivity index (χ4v) is 2.57. The van der Waals surface area contributed by atoms with E-state index in [9.17, 15) is 9.59 Å². The summed E-state index contributed by atoms with van der Waals surface area (Å²) in [4.78, 5) is 23.0. The smallest absolute Gasteiger partial charge is 0.341 e. The Morgan fingerprint density at radius 3 is 2.79 bits per heavy atom. The van der Waals surface area contributed by atoms with Crippen LogP contribution >= 0.6 is 0 Å². The SMILES string of the molecule is CCOc1cc(C(=O)NC2CCOC(C)C2)ccc1OCC(=O)O. The minimum Gasteiger partial charge on any atom is -0.490 e. The number of benzene rings is 1. The highest BCUT2D eigenvalue weighted by molar-refractivity contribution is 5.95. The molecule has 0 aliphatic carbocycles. The zero-order valence-electron chi connectivity index (χ0n) is 13.9. The third-order valence-electron chi connectivity index (χ3n) is 3.68. The Hall–Kier alpha value is -2.28. The maximum atomic E-state index is 12.4. The largest absolute Gasteiger partial charge is 0.490 e. The topological polar surface area (TPSA) is 94.1 Å². The first-order chi connectivity index (χ1) is 11.5. The second kappa shape index (κ2) is 8.54. The van der Waals surface area contributed by atoms with Crippen molar-refractivity contribution >= 4 is 11.9 Å². The summed E-state index contributed by atoms with van der Waals surface area (Å²) in [5.74, 6) is -0.616. The van der Waals surface area contributed by atoms with Crippen molar-refractivity contribution < 1.29 is 28.9 Å². The lowest BCUT2D eigenvalue weighted by Gasteiger charge is -2.28. The number of carbonyl (C=O) groups excluding carboxylic acids is 1. The van der Waals surface area contributed by atoms with E-state index in [2.05, 4.69) is 5.32 Å². The van der Waals surface area contributed by atoms with Gasteiger partial charge >= 0.3 is 5.97 Å². The van der Waals surface area contributed by atoms with Crippen molar-refractivity contribution in [2.45, 2.75) is 38.8 Å². The van der Waals surface area contributed by atoms with Crippen LogP contribution in [0.25, 0.3) is 0 Å². The van der Waals surface area contributed by atoms with Gasteiger partial charge in [-0.25, -0.2) is 4.79 Å². The standard InChI is InChI=1S/C17H23NO6/c1-3-22-15-9-12(4-5-14(15)24-10-16(19)20)17(21)18-13-6-7-23-11(2)8-13/h4-5,9,11,13H,3,6-8,10H2,1-2H3,(H,18,21)(H,19,20). The van der Waals surface area contributed by atoms with Gasteiger partial charge in [-0.05, 0) is 44.9 Å². The zero-order chi connectivity index (χ0) is 17.5. The van der Waals surface area contributed by atoms with Gasteiger partial charge in [-0.1, -0.05) is 0 Å². The van der Waals surface area contributed by atoms with Gasteiger partial charge in [0.05, 0.1) is 12.7 Å². The minimum absolute atomic E-state index is 0.0831. The molecule has 2 unspecified atom stereocenters. The number of hydrogen-bond donors (Lipinski definition) is 2. The Balaban J connectivity index is 2.07. The van der Waals surface area contributed by atoms with Crippen LogP contribution in [0.15, 0.2) is 18.2 Å². The molecule has 7 nitrogen and oxygen atoms in total. The highest BCUT2D eigenvalue weighted by Gasteiger charge is 2.22. The van der Waals surface area contributed by atoms with Crippen LogP contribution in [0.2, 0.25) is 0 Å². The molecule has 132 valence electrons. The highest BCUT2D eigenvalue weighted by Crippen LogP contribution is 2.28. The molecule has 1 amide bonds. The van der Waals surface area contributed by atoms with Crippen LogP contribution in [0.1, 0.15) is 37.0 Å². The van der Waals surface area contributed by atoms with Crippen molar-refractivity contribution in [3.8, 4) is 11.5 Å². The molecule has 2 N–H and O–H groups in total. The van der Waals surface area contributed by atoms with E-state index in [1.807, 2.05) is 6.92 Å². The van der Waals surface area contributed by atoms with Crippen molar-refractivity contribution in [2.75, 3.05) is 19.8 Å². The molecule has 24 heavy (non-hydrogen) atoms. The maximum absolute atomic E-state index is 12.4. The lowest BCUT2D eigenvalue weighted by molar-refractivity contribution is -0.139. The summed E-state index contributed by atoms with van der Waals surface area (Å²) in [5.41, 5.74) is 0.445. The summed E-state index contributed by atoms with van der Waals surface area (Å²) in [6.07, 6.45) is 1.70. The Labute approximate surface area is 140 Å². The van der Waals surface area contributed by atoms with E-state index >= 15 is 0 Å². The number of aliphatic carboxylic acids is 1. The number of rotatable bonds is 7. The average molecular weight is 337 g/mol. The second-order valence-corrected chi connectivity index (χ2v) is 5.65. The van der Waals surface area contributed by atoms with Crippen LogP contribution in [-0.2, 0) is 9.53 Å². The van der Waals surface area contributed by atoms with E-state index in [0.717, 1.165) is 12.8 Å². The molecule has 1 aliphatic rings. The molecular formula is C17H23NO6. The molecule has 2 atom stereocenters. The second-order valence-electron chi connectivity index (χ2n) is 5.65. The molecule has 2 rings (SSSR count). The van der Waals surface area contributed by atoms with Gasteiger partial charge in [-0.15, -0.1) is 0 Å². The normalized spacial score (nSPS) is 20.2.